The monoisotopic (exact) mass is 2530 g/mol. The van der Waals surface area contributed by atoms with Gasteiger partial charge in [0.15, 0.2) is 0 Å². The number of nitrogens with zero attached hydrogens (tertiary/aromatic N) is 10. The predicted octanol–water partition coefficient (Wildman–Crippen LogP) is 34.2. The van der Waals surface area contributed by atoms with Crippen LogP contribution in [-0.2, 0) is 61.9 Å². The molecular formula is C120H88Br6Ir2N10. The van der Waals surface area contributed by atoms with Gasteiger partial charge in [0.05, 0.1) is 6.33 Å². The van der Waals surface area contributed by atoms with Gasteiger partial charge in [0, 0.05) is 44.4 Å². The molecule has 138 heavy (non-hydrogen) atoms. The molecule has 0 aliphatic rings. The van der Waals surface area contributed by atoms with Crippen molar-refractivity contribution in [2.75, 3.05) is 0 Å². The SMILES string of the molecule is CC(C)(C)c1cc(-c2[c-]cc(-c3ccccc3-c3cc(-c4ccccc4-c4c[c-]c(-c5cc(-c6[c-]cc(-c7ccccc7-c7cc(-c8ccccc8-c8c[c-]c(-c9cc(C(C)(C)C)ncn9)cc8Br)cc(-c8ccccc8-c8c[c-]c(-c9cc(C(C)(C)C)ncn9)cc8Br)c7)c(Br)c6)ncn5)cc4Br)cc(-c4ccccc4-c4c[c-]c(-c5cc(C(C)(C)C)ncn5)cc4Br)c3)c(Br)c2)ncn1.[Ir+3].[Ir+3]. The van der Waals surface area contributed by atoms with Crippen molar-refractivity contribution >= 4 is 95.6 Å². The molecule has 19 rings (SSSR count). The average Bonchev–Trinajstić information content (AvgIpc) is 0.762. The van der Waals surface area contributed by atoms with Crippen LogP contribution in [0.4, 0.5) is 0 Å². The van der Waals surface area contributed by atoms with Gasteiger partial charge in [-0.05, 0) is 137 Å². The standard InChI is InChI=1S/C120H88Br6N10.2Ir/c1-117(2,3)113-62-109(129-67-133-113)73-39-45-97(103(123)57-73)91-33-21-15-27-85(91)79-49-77(50-80(53-79)86-28-16-22-34-92(86)98-46-40-74(58-104(98)124)110-63-114(118(4,5)6)134-68-130-110)83-25-13-19-31-89(83)95-43-37-71(55-101(95)121)107-61-108(128-66-127-107)72-38-44-96(102(122)56-72)90-32-20-14-26-84(90)78-51-81(87-29-17-23-35-93(87)99-47-41-75(59-105(99)125)111-64-115(119(7,8)9)135-69-131-111)54-82(52-78)88-30-18-24-36-94(88)100-48-42-76(60-106(100)126)112-65-116(120(10,11)12)136-70-132-112;;/h13-36,43-70H,1-12H3;;/q-6;2*+3. The van der Waals surface area contributed by atoms with E-state index in [2.05, 4.69) is 514 Å². The van der Waals surface area contributed by atoms with Crippen molar-refractivity contribution in [2.24, 2.45) is 0 Å². The Morgan fingerprint density at radius 3 is 0.471 bits per heavy atom. The minimum Gasteiger partial charge on any atom is -0.287 e. The van der Waals surface area contributed by atoms with Crippen LogP contribution in [0.3, 0.4) is 0 Å². The normalized spacial score (nSPS) is 11.7. The van der Waals surface area contributed by atoms with Crippen molar-refractivity contribution in [1.29, 1.82) is 0 Å². The largest absolute Gasteiger partial charge is 3.00 e. The van der Waals surface area contributed by atoms with E-state index in [9.17, 15) is 0 Å². The second kappa shape index (κ2) is 40.8. The zero-order valence-electron chi connectivity index (χ0n) is 77.4. The maximum absolute atomic E-state index is 4.92. The summed E-state index contributed by atoms with van der Waals surface area (Å²) >= 11 is 24.5. The van der Waals surface area contributed by atoms with Crippen molar-refractivity contribution in [1.82, 2.24) is 49.8 Å². The molecule has 5 aromatic heterocycles. The maximum atomic E-state index is 4.92. The molecule has 0 atom stereocenters. The van der Waals surface area contributed by atoms with E-state index in [-0.39, 0.29) is 61.9 Å². The molecular weight excluding hydrogens is 2450 g/mol. The first kappa shape index (κ1) is 98.3. The molecule has 0 amide bonds. The number of benzene rings is 14. The van der Waals surface area contributed by atoms with Crippen molar-refractivity contribution in [3.8, 4) is 201 Å². The molecule has 19 aromatic rings. The van der Waals surface area contributed by atoms with E-state index in [1.54, 1.807) is 31.6 Å². The fraction of sp³-hybridized carbons (Fsp3) is 0.133. The Labute approximate surface area is 885 Å². The summed E-state index contributed by atoms with van der Waals surface area (Å²) in [6, 6.07) is 123. The van der Waals surface area contributed by atoms with Crippen molar-refractivity contribution in [2.45, 2.75) is 105 Å². The van der Waals surface area contributed by atoms with Crippen molar-refractivity contribution < 1.29 is 40.2 Å². The molecule has 678 valence electrons. The van der Waals surface area contributed by atoms with Crippen LogP contribution in [0.1, 0.15) is 106 Å². The third-order valence-electron chi connectivity index (χ3n) is 24.5. The van der Waals surface area contributed by atoms with Crippen LogP contribution >= 0.6 is 95.6 Å². The van der Waals surface area contributed by atoms with Gasteiger partial charge in [-0.2, -0.15) is 0 Å². The van der Waals surface area contributed by atoms with Gasteiger partial charge in [0.2, 0.25) is 0 Å². The number of rotatable bonds is 18. The van der Waals surface area contributed by atoms with E-state index >= 15 is 0 Å². The summed E-state index contributed by atoms with van der Waals surface area (Å²) in [5, 5.41) is 0. The first-order valence-corrected chi connectivity index (χ1v) is 49.5. The van der Waals surface area contributed by atoms with Gasteiger partial charge in [-0.1, -0.05) is 448 Å². The summed E-state index contributed by atoms with van der Waals surface area (Å²) in [5.41, 5.74) is 37.2. The molecule has 0 aliphatic carbocycles. The molecule has 0 radical (unpaired) electrons. The zero-order valence-corrected chi connectivity index (χ0v) is 91.7. The van der Waals surface area contributed by atoms with E-state index in [0.29, 0.717) is 11.4 Å². The van der Waals surface area contributed by atoms with Crippen molar-refractivity contribution in [3.05, 3.63) is 403 Å². The van der Waals surface area contributed by atoms with Gasteiger partial charge in [-0.3, -0.25) is 29.9 Å². The van der Waals surface area contributed by atoms with Crippen molar-refractivity contribution in [3.63, 3.8) is 0 Å². The number of aromatic nitrogens is 10. The van der Waals surface area contributed by atoms with Crippen LogP contribution in [0, 0.1) is 36.4 Å². The zero-order chi connectivity index (χ0) is 94.6. The van der Waals surface area contributed by atoms with E-state index in [1.165, 1.54) is 0 Å². The van der Waals surface area contributed by atoms with E-state index in [4.69, 9.17) is 29.9 Å². The van der Waals surface area contributed by atoms with Gasteiger partial charge in [0.25, 0.3) is 0 Å². The fourth-order valence-electron chi connectivity index (χ4n) is 17.2. The minimum atomic E-state index is -0.159. The molecule has 18 heteroatoms. The maximum Gasteiger partial charge on any atom is 3.00 e. The van der Waals surface area contributed by atoms with Crippen LogP contribution in [0.25, 0.3) is 201 Å². The van der Waals surface area contributed by atoms with Crippen LogP contribution in [0.15, 0.2) is 344 Å². The quantitative estimate of drug-likeness (QED) is 0.0766. The first-order valence-electron chi connectivity index (χ1n) is 44.7. The van der Waals surface area contributed by atoms with Gasteiger partial charge in [0.1, 0.15) is 25.3 Å². The summed E-state index contributed by atoms with van der Waals surface area (Å²) in [4.78, 5) is 47.2. The molecule has 0 aliphatic heterocycles. The van der Waals surface area contributed by atoms with Gasteiger partial charge < -0.3 is 0 Å². The third kappa shape index (κ3) is 20.8. The topological polar surface area (TPSA) is 129 Å². The predicted molar refractivity (Wildman–Crippen MR) is 576 cm³/mol. The second-order valence-corrected chi connectivity index (χ2v) is 43.1. The van der Waals surface area contributed by atoms with Gasteiger partial charge in [-0.15, -0.1) is 143 Å². The average molecular weight is 2530 g/mol. The molecule has 0 N–H and O–H groups in total. The van der Waals surface area contributed by atoms with Crippen LogP contribution in [0.5, 0.6) is 0 Å². The molecule has 14 aromatic carbocycles. The van der Waals surface area contributed by atoms with E-state index in [1.807, 2.05) is 6.07 Å². The Kier molecular flexibility index (Phi) is 29.1. The first-order chi connectivity index (χ1) is 65.4. The molecule has 10 nitrogen and oxygen atoms in total. The Morgan fingerprint density at radius 2 is 0.319 bits per heavy atom. The number of hydrogen-bond donors (Lipinski definition) is 0. The van der Waals surface area contributed by atoms with Gasteiger partial charge >= 0.3 is 40.2 Å². The second-order valence-electron chi connectivity index (χ2n) is 38.0. The Bertz CT molecular complexity index is 7110. The molecule has 0 saturated carbocycles. The third-order valence-corrected chi connectivity index (χ3v) is 28.4. The van der Waals surface area contributed by atoms with E-state index < -0.39 is 0 Å². The summed E-state index contributed by atoms with van der Waals surface area (Å²) < 4.78 is 5.38. The molecule has 0 spiro atoms. The van der Waals surface area contributed by atoms with Crippen LogP contribution in [-0.4, -0.2) is 49.8 Å². The van der Waals surface area contributed by atoms with Crippen LogP contribution in [0.2, 0.25) is 0 Å². The molecule has 0 bridgehead atoms. The van der Waals surface area contributed by atoms with Gasteiger partial charge in [-0.25, -0.2) is 19.9 Å². The molecule has 0 saturated heterocycles. The fourth-order valence-corrected chi connectivity index (χ4v) is 20.6. The van der Waals surface area contributed by atoms with E-state index in [0.717, 1.165) is 239 Å². The molecule has 0 fully saturated rings. The minimum absolute atomic E-state index is 0. The summed E-state index contributed by atoms with van der Waals surface area (Å²) in [6.07, 6.45) is 8.19. The molecule has 5 heterocycles. The summed E-state index contributed by atoms with van der Waals surface area (Å²) in [7, 11) is 0. The number of hydrogen-bond acceptors (Lipinski definition) is 10. The Hall–Kier alpha value is -11.3. The van der Waals surface area contributed by atoms with Crippen LogP contribution < -0.4 is 0 Å². The summed E-state index contributed by atoms with van der Waals surface area (Å²) in [6.45, 7) is 25.9. The number of halogens is 6. The Balaban J connectivity index is 0.00000659. The Morgan fingerprint density at radius 1 is 0.174 bits per heavy atom. The smallest absolute Gasteiger partial charge is 0.287 e. The summed E-state index contributed by atoms with van der Waals surface area (Å²) in [5.74, 6) is 0. The molecule has 0 unspecified atom stereocenters.